The molecule has 12 rings (SSSR count). The Morgan fingerprint density at radius 2 is 1.02 bits per heavy atom. The lowest BCUT2D eigenvalue weighted by Crippen LogP contribution is -2.28. The van der Waals surface area contributed by atoms with Crippen LogP contribution in [-0.4, -0.2) is 10.6 Å². The molecule has 2 heterocycles. The van der Waals surface area contributed by atoms with Crippen LogP contribution in [0.2, 0.25) is 0 Å². The molecule has 0 saturated carbocycles. The molecule has 9 aromatic rings. The lowest BCUT2D eigenvalue weighted by molar-refractivity contribution is 0.745. The third-order valence-electron chi connectivity index (χ3n) is 12.8. The summed E-state index contributed by atoms with van der Waals surface area (Å²) in [6, 6.07) is 72.3. The summed E-state index contributed by atoms with van der Waals surface area (Å²) in [4.78, 5) is 2.50. The largest absolute Gasteiger partial charge is 0.333 e. The van der Waals surface area contributed by atoms with E-state index in [0.29, 0.717) is 5.92 Å². The third kappa shape index (κ3) is 4.59. The van der Waals surface area contributed by atoms with Crippen LogP contribution in [0.3, 0.4) is 0 Å². The molecular weight excluding hydrogens is 689 g/mol. The minimum atomic E-state index is -0.416. The molecule has 2 atom stereocenters. The van der Waals surface area contributed by atoms with Gasteiger partial charge in [0.15, 0.2) is 0 Å². The predicted molar refractivity (Wildman–Crippen MR) is 237 cm³/mol. The van der Waals surface area contributed by atoms with E-state index < -0.39 is 5.41 Å². The Kier molecular flexibility index (Phi) is 7.00. The van der Waals surface area contributed by atoms with Gasteiger partial charge in [-0.1, -0.05) is 164 Å². The fraction of sp³-hybridized carbons (Fsp3) is 0.0545. The molecular formula is C55H38N2. The van der Waals surface area contributed by atoms with Crippen molar-refractivity contribution in [2.45, 2.75) is 17.4 Å². The van der Waals surface area contributed by atoms with Crippen molar-refractivity contribution in [2.75, 3.05) is 4.90 Å². The van der Waals surface area contributed by atoms with E-state index in [1.54, 1.807) is 0 Å². The van der Waals surface area contributed by atoms with E-state index in [0.717, 1.165) is 5.69 Å². The van der Waals surface area contributed by atoms with E-state index in [1.165, 1.54) is 83.3 Å². The summed E-state index contributed by atoms with van der Waals surface area (Å²) in [5.41, 5.74) is 17.4. The van der Waals surface area contributed by atoms with Gasteiger partial charge in [-0.15, -0.1) is 0 Å². The molecule has 2 aliphatic carbocycles. The molecule has 2 heteroatoms. The number of para-hydroxylation sites is 2. The van der Waals surface area contributed by atoms with Crippen molar-refractivity contribution in [3.63, 3.8) is 0 Å². The van der Waals surface area contributed by atoms with Crippen LogP contribution >= 0.6 is 0 Å². The highest BCUT2D eigenvalue weighted by Gasteiger charge is 2.46. The van der Waals surface area contributed by atoms with Gasteiger partial charge in [-0.2, -0.15) is 0 Å². The molecule has 57 heavy (non-hydrogen) atoms. The van der Waals surface area contributed by atoms with Gasteiger partial charge in [0.05, 0.1) is 22.5 Å². The van der Waals surface area contributed by atoms with Crippen LogP contribution in [0, 0.1) is 0 Å². The Morgan fingerprint density at radius 3 is 1.79 bits per heavy atom. The molecule has 1 aromatic heterocycles. The summed E-state index contributed by atoms with van der Waals surface area (Å²) in [6.45, 7) is 0. The van der Waals surface area contributed by atoms with E-state index in [9.17, 15) is 0 Å². The van der Waals surface area contributed by atoms with E-state index >= 15 is 0 Å². The fourth-order valence-electron chi connectivity index (χ4n) is 10.4. The van der Waals surface area contributed by atoms with Crippen LogP contribution in [0.15, 0.2) is 218 Å². The number of anilines is 2. The zero-order valence-corrected chi connectivity index (χ0v) is 31.3. The molecule has 0 saturated heterocycles. The summed E-state index contributed by atoms with van der Waals surface area (Å²) in [6.07, 6.45) is 9.10. The molecule has 0 radical (unpaired) electrons. The van der Waals surface area contributed by atoms with Gasteiger partial charge in [0.1, 0.15) is 0 Å². The Morgan fingerprint density at radius 1 is 0.421 bits per heavy atom. The molecule has 3 aliphatic rings. The van der Waals surface area contributed by atoms with Crippen LogP contribution in [-0.2, 0) is 5.41 Å². The summed E-state index contributed by atoms with van der Waals surface area (Å²) in [7, 11) is 0. The normalized spacial score (nSPS) is 17.1. The SMILES string of the molecule is C1=CC2c3cc(-c4ccc5c(c4)c4ccccc4n5-c4ccc(C5(c6ccccc6)c6ccccc6-c6ccccc65)cc4)ccc3N(c3ccccc3)C2C=C1. The predicted octanol–water partition coefficient (Wildman–Crippen LogP) is 13.5. The second-order valence-electron chi connectivity index (χ2n) is 15.6. The van der Waals surface area contributed by atoms with Gasteiger partial charge in [0.25, 0.3) is 0 Å². The minimum absolute atomic E-state index is 0.273. The zero-order valence-electron chi connectivity index (χ0n) is 31.3. The van der Waals surface area contributed by atoms with Gasteiger partial charge in [-0.05, 0) is 105 Å². The number of benzene rings is 8. The van der Waals surface area contributed by atoms with Crippen molar-refractivity contribution < 1.29 is 0 Å². The van der Waals surface area contributed by atoms with Gasteiger partial charge in [0.2, 0.25) is 0 Å². The topological polar surface area (TPSA) is 8.17 Å². The molecule has 2 unspecified atom stereocenters. The first kappa shape index (κ1) is 32.1. The second-order valence-corrected chi connectivity index (χ2v) is 15.6. The van der Waals surface area contributed by atoms with Crippen molar-refractivity contribution in [1.29, 1.82) is 0 Å². The quantitative estimate of drug-likeness (QED) is 0.171. The number of rotatable bonds is 5. The van der Waals surface area contributed by atoms with Crippen molar-refractivity contribution in [3.8, 4) is 27.9 Å². The number of hydrogen-bond acceptors (Lipinski definition) is 1. The average molecular weight is 727 g/mol. The third-order valence-corrected chi connectivity index (χ3v) is 12.8. The molecule has 0 spiro atoms. The van der Waals surface area contributed by atoms with E-state index in [4.69, 9.17) is 0 Å². The van der Waals surface area contributed by atoms with Gasteiger partial charge in [-0.3, -0.25) is 0 Å². The van der Waals surface area contributed by atoms with Crippen molar-refractivity contribution in [2.24, 2.45) is 0 Å². The number of aromatic nitrogens is 1. The van der Waals surface area contributed by atoms with Crippen LogP contribution in [0.1, 0.15) is 33.7 Å². The monoisotopic (exact) mass is 726 g/mol. The first-order valence-corrected chi connectivity index (χ1v) is 20.0. The van der Waals surface area contributed by atoms with E-state index in [-0.39, 0.29) is 6.04 Å². The Balaban J connectivity index is 0.982. The number of allylic oxidation sites excluding steroid dienone is 2. The molecule has 0 bridgehead atoms. The summed E-state index contributed by atoms with van der Waals surface area (Å²) < 4.78 is 2.44. The van der Waals surface area contributed by atoms with Crippen molar-refractivity contribution in [3.05, 3.63) is 246 Å². The molecule has 1 aliphatic heterocycles. The maximum atomic E-state index is 2.50. The molecule has 0 amide bonds. The van der Waals surface area contributed by atoms with Gasteiger partial charge < -0.3 is 9.47 Å². The highest BCUT2D eigenvalue weighted by atomic mass is 15.2. The van der Waals surface area contributed by atoms with Gasteiger partial charge in [-0.25, -0.2) is 0 Å². The van der Waals surface area contributed by atoms with Crippen molar-refractivity contribution in [1.82, 2.24) is 4.57 Å². The maximum absolute atomic E-state index is 2.50. The highest BCUT2D eigenvalue weighted by molar-refractivity contribution is 6.10. The van der Waals surface area contributed by atoms with Crippen LogP contribution in [0.25, 0.3) is 49.7 Å². The first-order chi connectivity index (χ1) is 28.3. The number of hydrogen-bond donors (Lipinski definition) is 0. The van der Waals surface area contributed by atoms with Crippen LogP contribution in [0.4, 0.5) is 11.4 Å². The minimum Gasteiger partial charge on any atom is -0.333 e. The first-order valence-electron chi connectivity index (χ1n) is 20.0. The van der Waals surface area contributed by atoms with Gasteiger partial charge in [0, 0.05) is 33.8 Å². The van der Waals surface area contributed by atoms with E-state index in [1.807, 2.05) is 0 Å². The van der Waals surface area contributed by atoms with Crippen molar-refractivity contribution >= 4 is 33.2 Å². The molecule has 8 aromatic carbocycles. The smallest absolute Gasteiger partial charge is 0.0713 e. The molecule has 0 N–H and O–H groups in total. The molecule has 0 fully saturated rings. The summed E-state index contributed by atoms with van der Waals surface area (Å²) >= 11 is 0. The van der Waals surface area contributed by atoms with E-state index in [2.05, 4.69) is 228 Å². The lowest BCUT2D eigenvalue weighted by atomic mass is 9.68. The average Bonchev–Trinajstić information content (AvgIpc) is 3.91. The zero-order chi connectivity index (χ0) is 37.5. The highest BCUT2D eigenvalue weighted by Crippen LogP contribution is 2.56. The lowest BCUT2D eigenvalue weighted by Gasteiger charge is -2.34. The van der Waals surface area contributed by atoms with Crippen LogP contribution in [0.5, 0.6) is 0 Å². The fourth-order valence-corrected chi connectivity index (χ4v) is 10.4. The Bertz CT molecular complexity index is 3030. The Hall–Kier alpha value is -7.16. The summed E-state index contributed by atoms with van der Waals surface area (Å²) in [5.74, 6) is 0.311. The molecule has 268 valence electrons. The van der Waals surface area contributed by atoms with Crippen LogP contribution < -0.4 is 4.90 Å². The summed E-state index contributed by atoms with van der Waals surface area (Å²) in [5, 5.41) is 2.52. The number of fused-ring (bicyclic) bond motifs is 9. The molecule has 2 nitrogen and oxygen atoms in total. The number of nitrogens with zero attached hydrogens (tertiary/aromatic N) is 2. The second kappa shape index (κ2) is 12.4. The Labute approximate surface area is 332 Å². The standard InChI is InChI=1S/C55H38N2/c1-3-15-39(16-4-1)55(49-23-11-7-19-43(49)44-20-8-12-24-50(44)55)40-29-31-42(32-30-40)57-52-26-14-10-22-46(52)48-36-38(28-34-54(48)57)37-27-33-53-47(35-37)45-21-9-13-25-51(45)56(53)41-17-5-2-6-18-41/h1-36,45,51H. The van der Waals surface area contributed by atoms with Gasteiger partial charge >= 0.3 is 0 Å². The maximum Gasteiger partial charge on any atom is 0.0713 e.